The minimum atomic E-state index is -3.90. The lowest BCUT2D eigenvalue weighted by Crippen LogP contribution is -2.55. The highest BCUT2D eigenvalue weighted by Gasteiger charge is 2.50. The summed E-state index contributed by atoms with van der Waals surface area (Å²) in [6, 6.07) is -0.0702. The van der Waals surface area contributed by atoms with E-state index in [1.54, 1.807) is 0 Å². The third-order valence-electron chi connectivity index (χ3n) is 5.87. The molecule has 0 unspecified atom stereocenters. The number of H-pyrrole nitrogens is 1. The Morgan fingerprint density at radius 2 is 1.90 bits per heavy atom. The molecule has 1 saturated heterocycles. The van der Waals surface area contributed by atoms with E-state index in [1.165, 1.54) is 17.2 Å². The van der Waals surface area contributed by atoms with Gasteiger partial charge < -0.3 is 10.2 Å². The average molecular weight is 465 g/mol. The average Bonchev–Trinajstić information content (AvgIpc) is 3.14. The number of fused-ring (bicyclic) bond motifs is 1. The van der Waals surface area contributed by atoms with Crippen LogP contribution < -0.4 is 5.32 Å². The van der Waals surface area contributed by atoms with E-state index < -0.39 is 64.9 Å². The summed E-state index contributed by atoms with van der Waals surface area (Å²) in [5.74, 6) is -11.1. The summed E-state index contributed by atoms with van der Waals surface area (Å²) in [6.45, 7) is -0.167. The molecule has 2 N–H and O–H groups in total. The maximum Gasteiger partial charge on any atom is 0.317 e. The van der Waals surface area contributed by atoms with Crippen LogP contribution in [0.3, 0.4) is 0 Å². The Balaban J connectivity index is 1.44. The number of rotatable bonds is 4. The molecule has 1 aromatic carbocycles. The smallest absolute Gasteiger partial charge is 0.317 e. The zero-order valence-electron chi connectivity index (χ0n) is 16.0. The SMILES string of the molecule is O=C(NC1CC(F)(F)C1)N1CCC(C(F)(F)C(=O)c2c(F)c(Cl)cc3cn[nH]c23)CC1. The van der Waals surface area contributed by atoms with Crippen molar-refractivity contribution in [3.63, 3.8) is 0 Å². The zero-order chi connectivity index (χ0) is 22.6. The van der Waals surface area contributed by atoms with Crippen molar-refractivity contribution >= 4 is 34.3 Å². The van der Waals surface area contributed by atoms with Gasteiger partial charge in [-0.25, -0.2) is 18.0 Å². The molecule has 2 heterocycles. The molecule has 2 amide bonds. The first kappa shape index (κ1) is 21.8. The second-order valence-corrected chi connectivity index (χ2v) is 8.41. The number of carbonyl (C=O) groups is 2. The number of halogens is 6. The van der Waals surface area contributed by atoms with Crippen LogP contribution in [0.5, 0.6) is 0 Å². The third-order valence-corrected chi connectivity index (χ3v) is 6.15. The van der Waals surface area contributed by atoms with Gasteiger partial charge in [-0.1, -0.05) is 11.6 Å². The summed E-state index contributed by atoms with van der Waals surface area (Å²) in [5.41, 5.74) is -1.02. The number of piperidine rings is 1. The van der Waals surface area contributed by atoms with Crippen molar-refractivity contribution in [2.24, 2.45) is 5.92 Å². The molecule has 0 radical (unpaired) electrons. The van der Waals surface area contributed by atoms with Crippen molar-refractivity contribution in [2.45, 2.75) is 43.6 Å². The van der Waals surface area contributed by atoms with Crippen LogP contribution in [0.1, 0.15) is 36.0 Å². The number of nitrogens with zero attached hydrogens (tertiary/aromatic N) is 2. The van der Waals surface area contributed by atoms with Crippen molar-refractivity contribution in [3.8, 4) is 0 Å². The fraction of sp³-hybridized carbons (Fsp3) is 0.526. The van der Waals surface area contributed by atoms with Crippen LogP contribution in [-0.2, 0) is 0 Å². The Kier molecular flexibility index (Phi) is 5.35. The van der Waals surface area contributed by atoms with Crippen molar-refractivity contribution in [3.05, 3.63) is 28.7 Å². The maximum absolute atomic E-state index is 15.0. The number of aromatic nitrogens is 2. The Bertz CT molecular complexity index is 1030. The minimum absolute atomic E-state index is 0.0834. The quantitative estimate of drug-likeness (QED) is 0.520. The number of aromatic amines is 1. The van der Waals surface area contributed by atoms with Crippen molar-refractivity contribution in [2.75, 3.05) is 13.1 Å². The van der Waals surface area contributed by atoms with Crippen LogP contribution in [0.4, 0.5) is 26.7 Å². The molecule has 0 bridgehead atoms. The Hall–Kier alpha value is -2.43. The summed E-state index contributed by atoms with van der Waals surface area (Å²) in [6.07, 6.45) is -0.0721. The van der Waals surface area contributed by atoms with Gasteiger partial charge in [0.05, 0.1) is 22.3 Å². The van der Waals surface area contributed by atoms with Gasteiger partial charge >= 0.3 is 12.0 Å². The van der Waals surface area contributed by atoms with Crippen LogP contribution in [0, 0.1) is 11.7 Å². The van der Waals surface area contributed by atoms with E-state index in [9.17, 15) is 22.8 Å². The number of alkyl halides is 4. The lowest BCUT2D eigenvalue weighted by molar-refractivity contribution is -0.0907. The first-order chi connectivity index (χ1) is 14.5. The third kappa shape index (κ3) is 3.95. The lowest BCUT2D eigenvalue weighted by Gasteiger charge is -2.39. The van der Waals surface area contributed by atoms with E-state index in [4.69, 9.17) is 11.6 Å². The van der Waals surface area contributed by atoms with Crippen LogP contribution in [0.25, 0.3) is 10.9 Å². The number of hydrogen-bond donors (Lipinski definition) is 2. The maximum atomic E-state index is 15.0. The van der Waals surface area contributed by atoms with Gasteiger partial charge in [-0.3, -0.25) is 9.89 Å². The fourth-order valence-electron chi connectivity index (χ4n) is 4.07. The first-order valence-corrected chi connectivity index (χ1v) is 10.0. The van der Waals surface area contributed by atoms with Gasteiger partial charge in [0.1, 0.15) is 0 Å². The Morgan fingerprint density at radius 1 is 1.26 bits per heavy atom. The predicted octanol–water partition coefficient (Wildman–Crippen LogP) is 4.39. The largest absolute Gasteiger partial charge is 0.335 e. The summed E-state index contributed by atoms with van der Waals surface area (Å²) < 4.78 is 70.3. The molecule has 168 valence electrons. The molecule has 1 saturated carbocycles. The summed E-state index contributed by atoms with van der Waals surface area (Å²) in [5, 5.41) is 8.20. The monoisotopic (exact) mass is 464 g/mol. The van der Waals surface area contributed by atoms with E-state index in [1.807, 2.05) is 0 Å². The molecule has 1 aliphatic carbocycles. The molecular formula is C19H18ClF5N4O2. The van der Waals surface area contributed by atoms with Gasteiger partial charge in [0.2, 0.25) is 5.78 Å². The van der Waals surface area contributed by atoms with Gasteiger partial charge in [-0.15, -0.1) is 0 Å². The summed E-state index contributed by atoms with van der Waals surface area (Å²) >= 11 is 5.75. The van der Waals surface area contributed by atoms with Crippen LogP contribution in [0.15, 0.2) is 12.3 Å². The molecule has 4 rings (SSSR count). The Labute approximate surface area is 178 Å². The van der Waals surface area contributed by atoms with Crippen LogP contribution >= 0.6 is 11.6 Å². The van der Waals surface area contributed by atoms with E-state index in [-0.39, 0.29) is 36.8 Å². The highest BCUT2D eigenvalue weighted by atomic mass is 35.5. The van der Waals surface area contributed by atoms with Crippen LogP contribution in [0.2, 0.25) is 5.02 Å². The van der Waals surface area contributed by atoms with E-state index in [0.717, 1.165) is 0 Å². The molecule has 31 heavy (non-hydrogen) atoms. The Morgan fingerprint density at radius 3 is 2.52 bits per heavy atom. The van der Waals surface area contributed by atoms with E-state index >= 15 is 8.78 Å². The number of benzene rings is 1. The molecule has 2 aliphatic rings. The van der Waals surface area contributed by atoms with Crippen molar-refractivity contribution < 1.29 is 31.5 Å². The zero-order valence-corrected chi connectivity index (χ0v) is 16.8. The van der Waals surface area contributed by atoms with Crippen LogP contribution in [-0.4, -0.2) is 57.9 Å². The predicted molar refractivity (Wildman–Crippen MR) is 101 cm³/mol. The van der Waals surface area contributed by atoms with E-state index in [2.05, 4.69) is 15.5 Å². The van der Waals surface area contributed by atoms with Gasteiger partial charge in [-0.2, -0.15) is 13.9 Å². The fourth-order valence-corrected chi connectivity index (χ4v) is 4.29. The molecule has 12 heteroatoms. The first-order valence-electron chi connectivity index (χ1n) is 9.66. The number of hydrogen-bond acceptors (Lipinski definition) is 3. The number of ketones is 1. The molecule has 6 nitrogen and oxygen atoms in total. The van der Waals surface area contributed by atoms with Crippen molar-refractivity contribution in [1.82, 2.24) is 20.4 Å². The van der Waals surface area contributed by atoms with Gasteiger partial charge in [0.25, 0.3) is 5.92 Å². The van der Waals surface area contributed by atoms with Gasteiger partial charge in [-0.05, 0) is 18.9 Å². The molecule has 1 aromatic heterocycles. The number of Topliss-reactive ketones (excluding diaryl/α,β-unsaturated/α-hetero) is 1. The highest BCUT2D eigenvalue weighted by Crippen LogP contribution is 2.40. The molecule has 0 spiro atoms. The number of urea groups is 1. The van der Waals surface area contributed by atoms with Gasteiger partial charge in [0, 0.05) is 43.3 Å². The summed E-state index contributed by atoms with van der Waals surface area (Å²) in [4.78, 5) is 26.1. The van der Waals surface area contributed by atoms with Gasteiger partial charge in [0.15, 0.2) is 5.82 Å². The molecule has 2 fully saturated rings. The number of amides is 2. The molecule has 0 atom stereocenters. The molecule has 2 aromatic rings. The summed E-state index contributed by atoms with van der Waals surface area (Å²) in [7, 11) is 0. The standard InChI is InChI=1S/C19H18ClF5N4O2/c20-12-5-9-8-26-28-15(9)13(14(12)21)16(30)19(24,25)10-1-3-29(4-2-10)17(31)27-11-6-18(22,23)7-11/h5,8,10-11H,1-4,6-7H2,(H,26,28)(H,27,31). The highest BCUT2D eigenvalue weighted by molar-refractivity contribution is 6.32. The number of carbonyl (C=O) groups excluding carboxylic acids is 2. The second-order valence-electron chi connectivity index (χ2n) is 8.01. The topological polar surface area (TPSA) is 78.1 Å². The second kappa shape index (κ2) is 7.61. The minimum Gasteiger partial charge on any atom is -0.335 e. The molecule has 1 aliphatic heterocycles. The lowest BCUT2D eigenvalue weighted by atomic mass is 9.85. The number of likely N-dealkylation sites (tertiary alicyclic amines) is 1. The normalized spacial score (nSPS) is 20.0. The number of nitrogens with one attached hydrogen (secondary N) is 2. The van der Waals surface area contributed by atoms with Crippen molar-refractivity contribution in [1.29, 1.82) is 0 Å². The van der Waals surface area contributed by atoms with E-state index in [0.29, 0.717) is 0 Å². The molecular weight excluding hydrogens is 447 g/mol.